The van der Waals surface area contributed by atoms with Gasteiger partial charge < -0.3 is 0 Å². The number of rotatable bonds is 1. The largest absolute Gasteiger partial charge is 0.238 e. The Kier molecular flexibility index (Phi) is 3.52. The Morgan fingerprint density at radius 2 is 1.55 bits per heavy atom. The highest BCUT2D eigenvalue weighted by molar-refractivity contribution is 9.10. The molecule has 0 amide bonds. The van der Waals surface area contributed by atoms with Gasteiger partial charge in [0.25, 0.3) is 0 Å². The molecule has 1 aromatic rings. The van der Waals surface area contributed by atoms with Gasteiger partial charge in [-0.1, -0.05) is 46.1 Å². The molecule has 0 radical (unpaired) electrons. The van der Waals surface area contributed by atoms with Crippen LogP contribution in [0, 0.1) is 11.8 Å². The average Bonchev–Trinajstić information content (AvgIpc) is 2.79. The summed E-state index contributed by atoms with van der Waals surface area (Å²) in [6, 6.07) is 8.35. The zero-order valence-corrected chi connectivity index (χ0v) is 15.8. The van der Waals surface area contributed by atoms with Crippen LogP contribution in [0.5, 0.6) is 0 Å². The van der Waals surface area contributed by atoms with Crippen LogP contribution in [0.2, 0.25) is 0 Å². The summed E-state index contributed by atoms with van der Waals surface area (Å²) in [6.45, 7) is 13.7. The Morgan fingerprint density at radius 3 is 2.14 bits per heavy atom. The first-order valence-corrected chi connectivity index (χ1v) is 8.68. The fourth-order valence-electron chi connectivity index (χ4n) is 4.12. The second-order valence-corrected chi connectivity index (χ2v) is 8.00. The van der Waals surface area contributed by atoms with Gasteiger partial charge >= 0.3 is 0 Å². The van der Waals surface area contributed by atoms with Crippen LogP contribution in [0.25, 0.3) is 0 Å². The van der Waals surface area contributed by atoms with Gasteiger partial charge in [-0.3, -0.25) is 0 Å². The van der Waals surface area contributed by atoms with Gasteiger partial charge in [-0.2, -0.15) is 5.11 Å². The van der Waals surface area contributed by atoms with E-state index in [0.29, 0.717) is 11.8 Å². The van der Waals surface area contributed by atoms with Crippen LogP contribution in [-0.2, 0) is 0 Å². The van der Waals surface area contributed by atoms with Gasteiger partial charge in [0, 0.05) is 16.3 Å². The van der Waals surface area contributed by atoms with E-state index in [-0.39, 0.29) is 11.1 Å². The van der Waals surface area contributed by atoms with Crippen molar-refractivity contribution in [1.29, 1.82) is 0 Å². The smallest absolute Gasteiger partial charge is 0.113 e. The van der Waals surface area contributed by atoms with E-state index in [2.05, 4.69) is 92.0 Å². The quantitative estimate of drug-likeness (QED) is 0.582. The molecule has 4 atom stereocenters. The number of benzene rings is 1. The molecule has 2 aliphatic rings. The van der Waals surface area contributed by atoms with Crippen molar-refractivity contribution in [1.82, 2.24) is 0 Å². The molecule has 1 aliphatic carbocycles. The summed E-state index contributed by atoms with van der Waals surface area (Å²) in [5, 5.41) is 11.5. The van der Waals surface area contributed by atoms with E-state index in [1.54, 1.807) is 0 Å². The first-order valence-electron chi connectivity index (χ1n) is 7.89. The maximum absolute atomic E-state index is 4.76. The molecule has 118 valence electrons. The van der Waals surface area contributed by atoms with Crippen LogP contribution in [0.15, 0.2) is 50.2 Å². The summed E-state index contributed by atoms with van der Waals surface area (Å²) >= 11 is 3.51. The normalized spacial score (nSPS) is 37.7. The minimum Gasteiger partial charge on any atom is -0.238 e. The zero-order chi connectivity index (χ0) is 16.3. The minimum absolute atomic E-state index is 0.149. The molecule has 0 N–H and O–H groups in total. The zero-order valence-electron chi connectivity index (χ0n) is 14.2. The Morgan fingerprint density at radius 1 is 1.00 bits per heavy atom. The highest BCUT2D eigenvalue weighted by Gasteiger charge is 2.62. The topological polar surface area (TPSA) is 28.0 Å². The molecule has 3 nitrogen and oxygen atoms in total. The first-order chi connectivity index (χ1) is 10.2. The monoisotopic (exact) mass is 361 g/mol. The molecule has 0 fully saturated rings. The molecular weight excluding hydrogens is 338 g/mol. The van der Waals surface area contributed by atoms with Gasteiger partial charge in [0.05, 0.1) is 11.2 Å². The lowest BCUT2D eigenvalue weighted by Crippen LogP contribution is -2.64. The molecular formula is C18H24BrN3. The number of hydrogen-bond donors (Lipinski definition) is 0. The first kappa shape index (κ1) is 15.7. The van der Waals surface area contributed by atoms with Crippen molar-refractivity contribution >= 4 is 21.6 Å². The molecule has 0 saturated carbocycles. The highest BCUT2D eigenvalue weighted by Crippen LogP contribution is 2.56. The third-order valence-corrected chi connectivity index (χ3v) is 7.01. The van der Waals surface area contributed by atoms with Crippen molar-refractivity contribution in [3.8, 4) is 0 Å². The lowest BCUT2D eigenvalue weighted by atomic mass is 9.57. The second kappa shape index (κ2) is 4.92. The molecule has 0 unspecified atom stereocenters. The summed E-state index contributed by atoms with van der Waals surface area (Å²) in [7, 11) is 0. The van der Waals surface area contributed by atoms with E-state index in [1.807, 2.05) is 0 Å². The van der Waals surface area contributed by atoms with E-state index in [4.69, 9.17) is 5.11 Å². The van der Waals surface area contributed by atoms with Crippen molar-refractivity contribution in [2.24, 2.45) is 22.2 Å². The van der Waals surface area contributed by atoms with Gasteiger partial charge in [-0.15, -0.1) is 0 Å². The lowest BCUT2D eigenvalue weighted by Gasteiger charge is -2.53. The Balaban J connectivity index is 2.15. The predicted octanol–water partition coefficient (Wildman–Crippen LogP) is 5.78. The number of halogens is 1. The molecule has 22 heavy (non-hydrogen) atoms. The van der Waals surface area contributed by atoms with Gasteiger partial charge in [0.2, 0.25) is 0 Å². The van der Waals surface area contributed by atoms with Crippen molar-refractivity contribution in [2.75, 3.05) is 5.01 Å². The van der Waals surface area contributed by atoms with Crippen molar-refractivity contribution < 1.29 is 0 Å². The summed E-state index contributed by atoms with van der Waals surface area (Å²) in [6.07, 6.45) is 0. The lowest BCUT2D eigenvalue weighted by molar-refractivity contribution is 0.158. The molecule has 0 aromatic heterocycles. The maximum atomic E-state index is 4.76. The molecule has 1 aliphatic heterocycles. The SMILES string of the molecule is CC1=C(C)[C@H](C)[C@]2(C)N(c3ccc(Br)cc3)N=N[C@@]2(C)[C@@H]1C. The van der Waals surface area contributed by atoms with E-state index >= 15 is 0 Å². The van der Waals surface area contributed by atoms with Crippen LogP contribution < -0.4 is 5.01 Å². The van der Waals surface area contributed by atoms with Gasteiger partial charge in [-0.25, -0.2) is 5.01 Å². The van der Waals surface area contributed by atoms with Crippen LogP contribution in [-0.4, -0.2) is 11.1 Å². The highest BCUT2D eigenvalue weighted by atomic mass is 79.9. The molecule has 1 aromatic carbocycles. The molecule has 1 heterocycles. The second-order valence-electron chi connectivity index (χ2n) is 7.08. The van der Waals surface area contributed by atoms with Crippen LogP contribution in [0.1, 0.15) is 41.5 Å². The van der Waals surface area contributed by atoms with Crippen LogP contribution >= 0.6 is 15.9 Å². The van der Waals surface area contributed by atoms with Gasteiger partial charge in [0.15, 0.2) is 0 Å². The fourth-order valence-corrected chi connectivity index (χ4v) is 4.39. The number of anilines is 1. The average molecular weight is 362 g/mol. The van der Waals surface area contributed by atoms with Gasteiger partial charge in [0.1, 0.15) is 5.54 Å². The maximum Gasteiger partial charge on any atom is 0.113 e. The summed E-state index contributed by atoms with van der Waals surface area (Å²) < 4.78 is 1.08. The van der Waals surface area contributed by atoms with E-state index in [1.165, 1.54) is 11.1 Å². The third kappa shape index (κ3) is 1.79. The molecule has 4 heteroatoms. The van der Waals surface area contributed by atoms with Crippen molar-refractivity contribution in [2.45, 2.75) is 52.6 Å². The number of fused-ring (bicyclic) bond motifs is 1. The summed E-state index contributed by atoms with van der Waals surface area (Å²) in [5.41, 5.74) is 3.68. The standard InChI is InChI=1S/C18H24BrN3/c1-11-12(2)14(4)18(6)17(5,13(11)3)20-21-22(18)16-9-7-15(19)8-10-16/h7-10,13-14H,1-6H3/t13-,14+,17+,18+/m1/s1. The van der Waals surface area contributed by atoms with Crippen LogP contribution in [0.3, 0.4) is 0 Å². The van der Waals surface area contributed by atoms with E-state index in [9.17, 15) is 0 Å². The third-order valence-electron chi connectivity index (χ3n) is 6.49. The van der Waals surface area contributed by atoms with Crippen LogP contribution in [0.4, 0.5) is 5.69 Å². The number of nitrogens with zero attached hydrogens (tertiary/aromatic N) is 3. The van der Waals surface area contributed by atoms with E-state index < -0.39 is 0 Å². The Hall–Kier alpha value is -1.16. The molecule has 3 rings (SSSR count). The molecule has 0 saturated heterocycles. The Labute approximate surface area is 141 Å². The Bertz CT molecular complexity index is 663. The fraction of sp³-hybridized carbons (Fsp3) is 0.556. The summed E-state index contributed by atoms with van der Waals surface area (Å²) in [5.74, 6) is 0.783. The van der Waals surface area contributed by atoms with Crippen molar-refractivity contribution in [3.63, 3.8) is 0 Å². The number of hydrogen-bond acceptors (Lipinski definition) is 3. The minimum atomic E-state index is -0.205. The van der Waals surface area contributed by atoms with Gasteiger partial charge in [-0.05, 0) is 52.0 Å². The molecule has 0 bridgehead atoms. The summed E-state index contributed by atoms with van der Waals surface area (Å²) in [4.78, 5) is 0. The van der Waals surface area contributed by atoms with Crippen molar-refractivity contribution in [3.05, 3.63) is 39.9 Å². The predicted molar refractivity (Wildman–Crippen MR) is 95.0 cm³/mol. The molecule has 0 spiro atoms. The van der Waals surface area contributed by atoms with E-state index in [0.717, 1.165) is 10.2 Å².